The molecule has 2 fully saturated rings. The third-order valence-corrected chi connectivity index (χ3v) is 7.29. The molecule has 9 heteroatoms. The van der Waals surface area contributed by atoms with Crippen LogP contribution in [-0.2, 0) is 25.3 Å². The molecule has 1 aliphatic heterocycles. The Bertz CT molecular complexity index is 972. The van der Waals surface area contributed by atoms with E-state index in [2.05, 4.69) is 16.7 Å². The number of benzene rings is 1. The molecule has 36 heavy (non-hydrogen) atoms. The van der Waals surface area contributed by atoms with Crippen molar-refractivity contribution >= 4 is 24.6 Å². The van der Waals surface area contributed by atoms with E-state index in [0.717, 1.165) is 30.3 Å². The Kier molecular flexibility index (Phi) is 8.12. The molecule has 2 aliphatic rings. The maximum atomic E-state index is 13.4. The van der Waals surface area contributed by atoms with Crippen molar-refractivity contribution in [2.75, 3.05) is 0 Å². The molecule has 1 atom stereocenters. The molecule has 0 aromatic heterocycles. The van der Waals surface area contributed by atoms with Crippen LogP contribution in [0.1, 0.15) is 86.1 Å². The van der Waals surface area contributed by atoms with Crippen LogP contribution in [0.2, 0.25) is 0 Å². The minimum atomic E-state index is -1.07. The van der Waals surface area contributed by atoms with Crippen molar-refractivity contribution in [3.63, 3.8) is 0 Å². The Morgan fingerprint density at radius 1 is 1.06 bits per heavy atom. The van der Waals surface area contributed by atoms with Crippen LogP contribution in [0.4, 0.5) is 4.79 Å². The molecule has 2 N–H and O–H groups in total. The van der Waals surface area contributed by atoms with Gasteiger partial charge in [-0.3, -0.25) is 4.79 Å². The molecule has 1 aromatic carbocycles. The fraction of sp³-hybridized carbons (Fsp3) is 0.667. The number of nitrogens with one attached hydrogen (secondary N) is 2. The maximum absolute atomic E-state index is 13.4. The Balaban J connectivity index is 1.66. The molecule has 0 radical (unpaired) electrons. The molecular weight excluding hydrogens is 457 g/mol. The highest BCUT2D eigenvalue weighted by molar-refractivity contribution is 6.62. The smallest absolute Gasteiger partial charge is 0.444 e. The van der Waals surface area contributed by atoms with E-state index in [-0.39, 0.29) is 5.91 Å². The van der Waals surface area contributed by atoms with Gasteiger partial charge in [-0.15, -0.1) is 0 Å². The van der Waals surface area contributed by atoms with E-state index in [1.807, 2.05) is 52.0 Å². The van der Waals surface area contributed by atoms with Crippen molar-refractivity contribution in [3.05, 3.63) is 29.8 Å². The van der Waals surface area contributed by atoms with Gasteiger partial charge in [0.2, 0.25) is 5.91 Å². The van der Waals surface area contributed by atoms with Gasteiger partial charge in [0.1, 0.15) is 17.2 Å². The van der Waals surface area contributed by atoms with Gasteiger partial charge in [-0.25, -0.2) is 4.79 Å². The molecule has 1 heterocycles. The first-order valence-electron chi connectivity index (χ1n) is 12.8. The zero-order chi connectivity index (χ0) is 26.8. The Morgan fingerprint density at radius 3 is 2.11 bits per heavy atom. The average molecular weight is 497 g/mol. The molecule has 8 nitrogen and oxygen atoms in total. The highest BCUT2D eigenvalue weighted by Crippen LogP contribution is 2.36. The van der Waals surface area contributed by atoms with E-state index in [4.69, 9.17) is 14.0 Å². The summed E-state index contributed by atoms with van der Waals surface area (Å²) in [6, 6.07) is 9.17. The van der Waals surface area contributed by atoms with Crippen molar-refractivity contribution < 1.29 is 23.6 Å². The molecule has 196 valence electrons. The first-order chi connectivity index (χ1) is 16.7. The minimum absolute atomic E-state index is 0.339. The van der Waals surface area contributed by atoms with Crippen LogP contribution >= 0.6 is 0 Å². The molecule has 0 bridgehead atoms. The lowest BCUT2D eigenvalue weighted by Crippen LogP contribution is -2.61. The van der Waals surface area contributed by atoms with Gasteiger partial charge < -0.3 is 24.7 Å². The summed E-state index contributed by atoms with van der Waals surface area (Å²) in [4.78, 5) is 25.9. The topological polar surface area (TPSA) is 110 Å². The lowest BCUT2D eigenvalue weighted by atomic mass is 9.78. The van der Waals surface area contributed by atoms with Crippen LogP contribution in [0.15, 0.2) is 24.3 Å². The molecule has 2 amide bonds. The Hall–Kier alpha value is -2.57. The van der Waals surface area contributed by atoms with Gasteiger partial charge >= 0.3 is 13.2 Å². The van der Waals surface area contributed by atoms with Crippen LogP contribution in [0.5, 0.6) is 0 Å². The van der Waals surface area contributed by atoms with Crippen LogP contribution in [-0.4, -0.2) is 47.5 Å². The van der Waals surface area contributed by atoms with Crippen molar-refractivity contribution in [2.45, 2.75) is 115 Å². The first kappa shape index (κ1) is 28.0. The summed E-state index contributed by atoms with van der Waals surface area (Å²) >= 11 is 0. The van der Waals surface area contributed by atoms with Gasteiger partial charge in [-0.05, 0) is 72.3 Å². The number of hydrogen-bond donors (Lipinski definition) is 2. The van der Waals surface area contributed by atoms with E-state index in [1.54, 1.807) is 20.8 Å². The van der Waals surface area contributed by atoms with Crippen molar-refractivity contribution in [1.29, 1.82) is 5.26 Å². The molecule has 1 saturated heterocycles. The van der Waals surface area contributed by atoms with Gasteiger partial charge in [0.25, 0.3) is 0 Å². The molecule has 1 aromatic rings. The largest absolute Gasteiger partial charge is 0.494 e. The van der Waals surface area contributed by atoms with Gasteiger partial charge in [-0.1, -0.05) is 43.5 Å². The average Bonchev–Trinajstić information content (AvgIpc) is 2.99. The van der Waals surface area contributed by atoms with E-state index in [0.29, 0.717) is 19.3 Å². The summed E-state index contributed by atoms with van der Waals surface area (Å²) in [5.41, 5.74) is -0.782. The van der Waals surface area contributed by atoms with Gasteiger partial charge in [0.15, 0.2) is 0 Å². The summed E-state index contributed by atoms with van der Waals surface area (Å²) in [6.07, 6.45) is 3.39. The van der Waals surface area contributed by atoms with Gasteiger partial charge in [-0.2, -0.15) is 5.26 Å². The lowest BCUT2D eigenvalue weighted by Gasteiger charge is -2.37. The highest BCUT2D eigenvalue weighted by atomic mass is 16.7. The third-order valence-electron chi connectivity index (χ3n) is 7.29. The fourth-order valence-electron chi connectivity index (χ4n) is 4.51. The van der Waals surface area contributed by atoms with E-state index in [1.165, 1.54) is 0 Å². The van der Waals surface area contributed by atoms with E-state index in [9.17, 15) is 14.9 Å². The molecular formula is C27H40BN3O5. The number of amides is 2. The lowest BCUT2D eigenvalue weighted by molar-refractivity contribution is -0.129. The summed E-state index contributed by atoms with van der Waals surface area (Å²) in [6.45, 7) is 13.4. The second kappa shape index (κ2) is 10.4. The summed E-state index contributed by atoms with van der Waals surface area (Å²) in [5.74, 6) is -0.339. The van der Waals surface area contributed by atoms with Crippen LogP contribution in [0, 0.1) is 11.3 Å². The minimum Gasteiger partial charge on any atom is -0.444 e. The standard InChI is InChI=1S/C27H40BN3O5/c1-24(2,3)34-23(33)31-27(15-9-8-10-16-27)22(32)30-21(18-29)17-19-11-13-20(14-12-19)28-35-25(4,5)26(6,7)36-28/h11-14,21H,8-10,15-17H2,1-7H3,(H,30,32)(H,31,33)/t21-/m0/s1. The second-order valence-electron chi connectivity index (χ2n) is 12.0. The molecule has 0 spiro atoms. The predicted molar refractivity (Wildman–Crippen MR) is 139 cm³/mol. The molecule has 1 saturated carbocycles. The zero-order valence-corrected chi connectivity index (χ0v) is 22.7. The Labute approximate surface area is 215 Å². The van der Waals surface area contributed by atoms with Gasteiger partial charge in [0, 0.05) is 6.42 Å². The number of carbonyl (C=O) groups is 2. The first-order valence-corrected chi connectivity index (χ1v) is 12.8. The summed E-state index contributed by atoms with van der Waals surface area (Å²) in [7, 11) is -0.458. The van der Waals surface area contributed by atoms with Crippen molar-refractivity contribution in [2.24, 2.45) is 0 Å². The summed E-state index contributed by atoms with van der Waals surface area (Å²) < 4.78 is 17.6. The van der Waals surface area contributed by atoms with Gasteiger partial charge in [0.05, 0.1) is 17.3 Å². The predicted octanol–water partition coefficient (Wildman–Crippen LogP) is 3.76. The van der Waals surface area contributed by atoms with E-state index >= 15 is 0 Å². The Morgan fingerprint density at radius 2 is 1.61 bits per heavy atom. The number of rotatable bonds is 6. The number of hydrogen-bond acceptors (Lipinski definition) is 6. The van der Waals surface area contributed by atoms with E-state index < -0.39 is 41.6 Å². The number of nitrogens with zero attached hydrogens (tertiary/aromatic N) is 1. The fourth-order valence-corrected chi connectivity index (χ4v) is 4.51. The van der Waals surface area contributed by atoms with Crippen molar-refractivity contribution in [1.82, 2.24) is 10.6 Å². The molecule has 1 aliphatic carbocycles. The third kappa shape index (κ3) is 6.60. The van der Waals surface area contributed by atoms with Crippen LogP contribution < -0.4 is 16.1 Å². The second-order valence-corrected chi connectivity index (χ2v) is 12.0. The normalized spacial score (nSPS) is 21.2. The zero-order valence-electron chi connectivity index (χ0n) is 22.7. The number of carbonyl (C=O) groups excluding carboxylic acids is 2. The highest BCUT2D eigenvalue weighted by Gasteiger charge is 2.51. The maximum Gasteiger partial charge on any atom is 0.494 e. The molecule has 0 unspecified atom stereocenters. The number of ether oxygens (including phenoxy) is 1. The summed E-state index contributed by atoms with van der Waals surface area (Å²) in [5, 5.41) is 15.5. The molecule has 3 rings (SSSR count). The SMILES string of the molecule is CC(C)(C)OC(=O)NC1(C(=O)N[C@H](C#N)Cc2ccc(B3OC(C)(C)C(C)(C)O3)cc2)CCCCC1. The number of alkyl carbamates (subject to hydrolysis) is 1. The van der Waals surface area contributed by atoms with Crippen LogP contribution in [0.3, 0.4) is 0 Å². The monoisotopic (exact) mass is 497 g/mol. The van der Waals surface area contributed by atoms with Crippen molar-refractivity contribution in [3.8, 4) is 6.07 Å². The quantitative estimate of drug-likeness (QED) is 0.580. The number of nitriles is 1. The van der Waals surface area contributed by atoms with Crippen LogP contribution in [0.25, 0.3) is 0 Å².